The molecule has 4 rings (SSSR count). The van der Waals surface area contributed by atoms with Crippen LogP contribution >= 0.6 is 0 Å². The average Bonchev–Trinajstić information content (AvgIpc) is 3.24. The number of aromatic nitrogens is 1. The summed E-state index contributed by atoms with van der Waals surface area (Å²) in [6.45, 7) is 4.69. The number of halogens is 3. The van der Waals surface area contributed by atoms with Crippen molar-refractivity contribution >= 4 is 32.1 Å². The van der Waals surface area contributed by atoms with Gasteiger partial charge in [0.2, 0.25) is 0 Å². The molecule has 1 aliphatic heterocycles. The molecule has 0 radical (unpaired) electrons. The maximum absolute atomic E-state index is 13.5. The van der Waals surface area contributed by atoms with Crippen LogP contribution in [0, 0.1) is 11.8 Å². The smallest absolute Gasteiger partial charge is 0.392 e. The number of benzene rings is 2. The summed E-state index contributed by atoms with van der Waals surface area (Å²) in [6.07, 6.45) is -3.06. The van der Waals surface area contributed by atoms with E-state index >= 15 is 0 Å². The normalized spacial score (nSPS) is 15.9. The SMILES string of the molecule is CCS(=O)(=O)c1ccc(NCC#Cc2cc3c(NC4CCN(CC(C)O)CC4)cccc3n2CC(F)(F)F)cc1. The van der Waals surface area contributed by atoms with Crippen LogP contribution in [-0.4, -0.2) is 73.2 Å². The Kier molecular flexibility index (Phi) is 9.33. The lowest BCUT2D eigenvalue weighted by atomic mass is 10.0. The first kappa shape index (κ1) is 29.8. The van der Waals surface area contributed by atoms with Crippen molar-refractivity contribution in [3.05, 3.63) is 54.2 Å². The Labute approximate surface area is 233 Å². The molecule has 0 saturated carbocycles. The van der Waals surface area contributed by atoms with Crippen LogP contribution in [-0.2, 0) is 16.4 Å². The number of nitrogens with zero attached hydrogens (tertiary/aromatic N) is 2. The molecular weight excluding hydrogens is 541 g/mol. The van der Waals surface area contributed by atoms with Crippen LogP contribution in [0.4, 0.5) is 24.5 Å². The van der Waals surface area contributed by atoms with E-state index in [0.717, 1.165) is 31.6 Å². The van der Waals surface area contributed by atoms with Gasteiger partial charge < -0.3 is 25.2 Å². The molecule has 2 heterocycles. The van der Waals surface area contributed by atoms with E-state index in [1.54, 1.807) is 44.2 Å². The third-order valence-electron chi connectivity index (χ3n) is 6.94. The second-order valence-corrected chi connectivity index (χ2v) is 12.4. The molecule has 1 saturated heterocycles. The van der Waals surface area contributed by atoms with E-state index in [1.807, 2.05) is 6.07 Å². The molecule has 40 heavy (non-hydrogen) atoms. The molecular formula is C29H35F3N4O3S. The van der Waals surface area contributed by atoms with Gasteiger partial charge in [-0.3, -0.25) is 0 Å². The van der Waals surface area contributed by atoms with Gasteiger partial charge in [-0.25, -0.2) is 8.42 Å². The molecule has 1 atom stereocenters. The van der Waals surface area contributed by atoms with E-state index in [9.17, 15) is 26.7 Å². The Morgan fingerprint density at radius 2 is 1.82 bits per heavy atom. The summed E-state index contributed by atoms with van der Waals surface area (Å²) in [7, 11) is -3.30. The van der Waals surface area contributed by atoms with Crippen molar-refractivity contribution in [2.24, 2.45) is 0 Å². The van der Waals surface area contributed by atoms with Gasteiger partial charge in [0.15, 0.2) is 9.84 Å². The number of sulfone groups is 1. The van der Waals surface area contributed by atoms with Gasteiger partial charge >= 0.3 is 6.18 Å². The van der Waals surface area contributed by atoms with Crippen LogP contribution in [0.15, 0.2) is 53.4 Å². The van der Waals surface area contributed by atoms with Gasteiger partial charge in [0.05, 0.1) is 34.5 Å². The number of alkyl halides is 3. The lowest BCUT2D eigenvalue weighted by Gasteiger charge is -2.33. The summed E-state index contributed by atoms with van der Waals surface area (Å²) in [6, 6.07) is 13.5. The molecule has 1 aromatic heterocycles. The van der Waals surface area contributed by atoms with Gasteiger partial charge in [-0.2, -0.15) is 13.2 Å². The molecule has 3 aromatic rings. The van der Waals surface area contributed by atoms with Gasteiger partial charge in [0.25, 0.3) is 0 Å². The zero-order chi connectivity index (χ0) is 28.9. The highest BCUT2D eigenvalue weighted by molar-refractivity contribution is 7.91. The van der Waals surface area contributed by atoms with Crippen LogP contribution in [0.5, 0.6) is 0 Å². The predicted octanol–water partition coefficient (Wildman–Crippen LogP) is 4.72. The van der Waals surface area contributed by atoms with Crippen molar-refractivity contribution in [3.8, 4) is 11.8 Å². The average molecular weight is 577 g/mol. The molecule has 0 aliphatic carbocycles. The number of likely N-dealkylation sites (tertiary alicyclic amines) is 1. The fourth-order valence-corrected chi connectivity index (χ4v) is 5.83. The maximum Gasteiger partial charge on any atom is 0.406 e. The molecule has 0 spiro atoms. The van der Waals surface area contributed by atoms with E-state index < -0.39 is 22.6 Å². The van der Waals surface area contributed by atoms with E-state index in [-0.39, 0.29) is 35.0 Å². The summed E-state index contributed by atoms with van der Waals surface area (Å²) >= 11 is 0. The van der Waals surface area contributed by atoms with E-state index in [0.29, 0.717) is 23.1 Å². The largest absolute Gasteiger partial charge is 0.406 e. The monoisotopic (exact) mass is 576 g/mol. The number of β-amino-alcohol motifs (C(OH)–C–C–N with tert-alkyl or cyclic N) is 1. The zero-order valence-electron chi connectivity index (χ0n) is 22.6. The quantitative estimate of drug-likeness (QED) is 0.320. The van der Waals surface area contributed by atoms with Crippen molar-refractivity contribution < 1.29 is 26.7 Å². The molecule has 11 heteroatoms. The lowest BCUT2D eigenvalue weighted by Crippen LogP contribution is -2.41. The highest BCUT2D eigenvalue weighted by atomic mass is 32.2. The lowest BCUT2D eigenvalue weighted by molar-refractivity contribution is -0.140. The highest BCUT2D eigenvalue weighted by Crippen LogP contribution is 2.31. The van der Waals surface area contributed by atoms with Crippen molar-refractivity contribution in [1.82, 2.24) is 9.47 Å². The first-order valence-corrected chi connectivity index (χ1v) is 15.0. The minimum Gasteiger partial charge on any atom is -0.392 e. The fraction of sp³-hybridized carbons (Fsp3) is 0.448. The zero-order valence-corrected chi connectivity index (χ0v) is 23.4. The molecule has 216 valence electrons. The number of aliphatic hydroxyl groups is 1. The van der Waals surface area contributed by atoms with Gasteiger partial charge in [-0.15, -0.1) is 0 Å². The number of fused-ring (bicyclic) bond motifs is 1. The van der Waals surface area contributed by atoms with E-state index in [2.05, 4.69) is 27.4 Å². The third kappa shape index (κ3) is 7.71. The number of anilines is 2. The molecule has 1 fully saturated rings. The molecule has 7 nitrogen and oxygen atoms in total. The van der Waals surface area contributed by atoms with Crippen LogP contribution in [0.25, 0.3) is 10.9 Å². The van der Waals surface area contributed by atoms with Crippen LogP contribution in [0.2, 0.25) is 0 Å². The Morgan fingerprint density at radius 1 is 1.12 bits per heavy atom. The van der Waals surface area contributed by atoms with Crippen LogP contribution in [0.1, 0.15) is 32.4 Å². The van der Waals surface area contributed by atoms with E-state index in [1.165, 1.54) is 16.7 Å². The summed E-state index contributed by atoms with van der Waals surface area (Å²) < 4.78 is 65.7. The molecule has 3 N–H and O–H groups in total. The van der Waals surface area contributed by atoms with E-state index in [4.69, 9.17) is 0 Å². The number of rotatable bonds is 9. The minimum atomic E-state index is -4.42. The summed E-state index contributed by atoms with van der Waals surface area (Å²) in [5, 5.41) is 16.9. The van der Waals surface area contributed by atoms with Gasteiger partial charge in [-0.05, 0) is 68.2 Å². The molecule has 2 aromatic carbocycles. The number of hydrogen-bond acceptors (Lipinski definition) is 6. The fourth-order valence-electron chi connectivity index (χ4n) is 4.94. The first-order valence-electron chi connectivity index (χ1n) is 13.4. The number of aliphatic hydroxyl groups excluding tert-OH is 1. The summed E-state index contributed by atoms with van der Waals surface area (Å²) in [5.74, 6) is 5.80. The summed E-state index contributed by atoms with van der Waals surface area (Å²) in [4.78, 5) is 2.45. The third-order valence-corrected chi connectivity index (χ3v) is 8.69. The summed E-state index contributed by atoms with van der Waals surface area (Å²) in [5.41, 5.74) is 2.15. The Morgan fingerprint density at radius 3 is 2.45 bits per heavy atom. The van der Waals surface area contributed by atoms with Gasteiger partial charge in [0, 0.05) is 42.4 Å². The van der Waals surface area contributed by atoms with Crippen LogP contribution < -0.4 is 10.6 Å². The number of nitrogens with one attached hydrogen (secondary N) is 2. The second-order valence-electron chi connectivity index (χ2n) is 10.1. The van der Waals surface area contributed by atoms with Crippen molar-refractivity contribution in [3.63, 3.8) is 0 Å². The minimum absolute atomic E-state index is 0.0115. The Hall–Kier alpha value is -3.20. The molecule has 0 amide bonds. The van der Waals surface area contributed by atoms with Crippen molar-refractivity contribution in [1.29, 1.82) is 0 Å². The maximum atomic E-state index is 13.5. The van der Waals surface area contributed by atoms with Crippen molar-refractivity contribution in [2.75, 3.05) is 42.6 Å². The molecule has 0 bridgehead atoms. The predicted molar refractivity (Wildman–Crippen MR) is 152 cm³/mol. The topological polar surface area (TPSA) is 86.6 Å². The highest BCUT2D eigenvalue weighted by Gasteiger charge is 2.30. The van der Waals surface area contributed by atoms with Gasteiger partial charge in [0.1, 0.15) is 6.54 Å². The number of hydrogen-bond donors (Lipinski definition) is 3. The van der Waals surface area contributed by atoms with Crippen molar-refractivity contribution in [2.45, 2.75) is 56.5 Å². The van der Waals surface area contributed by atoms with Crippen LogP contribution in [0.3, 0.4) is 0 Å². The van der Waals surface area contributed by atoms with Gasteiger partial charge in [-0.1, -0.05) is 18.9 Å². The molecule has 1 aliphatic rings. The Balaban J connectivity index is 1.51. The number of piperidine rings is 1. The second kappa shape index (κ2) is 12.5. The first-order chi connectivity index (χ1) is 18.9. The standard InChI is InChI=1S/C29H35F3N4O3S/c1-3-40(38,39)25-11-9-22(10-12-25)33-15-5-6-24-18-26-27(7-4-8-28(26)36(24)20-29(30,31)32)34-23-13-16-35(17-14-23)19-21(2)37/h4,7-12,18,21,23,33-34,37H,3,13-17,19-20H2,1-2H3. The Bertz CT molecular complexity index is 1460. The molecule has 1 unspecified atom stereocenters.